The largest absolute Gasteiger partial charge is 0.493 e. The van der Waals surface area contributed by atoms with Crippen LogP contribution in [0.5, 0.6) is 11.5 Å². The Balaban J connectivity index is 2.47. The van der Waals surface area contributed by atoms with Gasteiger partial charge in [0.25, 0.3) is 0 Å². The fourth-order valence-corrected chi connectivity index (χ4v) is 3.60. The molecule has 0 saturated heterocycles. The molecular formula is C14H9Cl3O5S. The van der Waals surface area contributed by atoms with Crippen molar-refractivity contribution in [2.24, 2.45) is 0 Å². The van der Waals surface area contributed by atoms with Gasteiger partial charge in [-0.2, -0.15) is 8.42 Å². The Labute approximate surface area is 147 Å². The van der Waals surface area contributed by atoms with E-state index in [2.05, 4.69) is 0 Å². The minimum atomic E-state index is -4.28. The lowest BCUT2D eigenvalue weighted by molar-refractivity contribution is 0.112. The summed E-state index contributed by atoms with van der Waals surface area (Å²) in [6, 6.07) is 6.32. The van der Waals surface area contributed by atoms with Crippen LogP contribution in [0.1, 0.15) is 10.4 Å². The van der Waals surface area contributed by atoms with Crippen molar-refractivity contribution < 1.29 is 22.1 Å². The van der Waals surface area contributed by atoms with E-state index in [0.29, 0.717) is 11.8 Å². The smallest absolute Gasteiger partial charge is 0.340 e. The number of methoxy groups -OCH3 is 1. The third kappa shape index (κ3) is 3.90. The van der Waals surface area contributed by atoms with Gasteiger partial charge in [0.05, 0.1) is 22.2 Å². The van der Waals surface area contributed by atoms with E-state index in [9.17, 15) is 13.2 Å². The Morgan fingerprint density at radius 3 is 2.22 bits per heavy atom. The first-order chi connectivity index (χ1) is 10.8. The van der Waals surface area contributed by atoms with Crippen LogP contribution in [0.2, 0.25) is 15.1 Å². The molecule has 23 heavy (non-hydrogen) atoms. The van der Waals surface area contributed by atoms with Crippen LogP contribution >= 0.6 is 34.8 Å². The van der Waals surface area contributed by atoms with Gasteiger partial charge in [-0.25, -0.2) is 0 Å². The third-order valence-electron chi connectivity index (χ3n) is 2.77. The summed E-state index contributed by atoms with van der Waals surface area (Å²) >= 11 is 17.5. The molecule has 0 saturated carbocycles. The highest BCUT2D eigenvalue weighted by Crippen LogP contribution is 2.35. The average molecular weight is 396 g/mol. The van der Waals surface area contributed by atoms with Crippen molar-refractivity contribution in [3.8, 4) is 11.5 Å². The zero-order valence-corrected chi connectivity index (χ0v) is 14.6. The number of rotatable bonds is 5. The first-order valence-electron chi connectivity index (χ1n) is 6.00. The molecule has 0 aromatic heterocycles. The minimum Gasteiger partial charge on any atom is -0.493 e. The van der Waals surface area contributed by atoms with E-state index in [4.69, 9.17) is 43.7 Å². The second kappa shape index (κ2) is 6.97. The van der Waals surface area contributed by atoms with Gasteiger partial charge in [0.2, 0.25) is 0 Å². The maximum absolute atomic E-state index is 12.4. The molecule has 9 heteroatoms. The summed E-state index contributed by atoms with van der Waals surface area (Å²) in [4.78, 5) is 10.4. The molecule has 2 aromatic rings. The summed E-state index contributed by atoms with van der Waals surface area (Å²) in [5.41, 5.74) is 0.305. The van der Waals surface area contributed by atoms with Gasteiger partial charge in [0.15, 0.2) is 11.5 Å². The van der Waals surface area contributed by atoms with Gasteiger partial charge in [0, 0.05) is 5.56 Å². The van der Waals surface area contributed by atoms with Crippen molar-refractivity contribution in [3.05, 3.63) is 51.0 Å². The highest BCUT2D eigenvalue weighted by molar-refractivity contribution is 7.87. The molecule has 0 spiro atoms. The van der Waals surface area contributed by atoms with Gasteiger partial charge in [-0.05, 0) is 30.3 Å². The molecular weight excluding hydrogens is 387 g/mol. The van der Waals surface area contributed by atoms with E-state index in [0.717, 1.165) is 6.07 Å². The highest BCUT2D eigenvalue weighted by atomic mass is 35.5. The lowest BCUT2D eigenvalue weighted by Gasteiger charge is -2.12. The Bertz CT molecular complexity index is 865. The molecule has 0 aliphatic heterocycles. The number of hydrogen-bond donors (Lipinski definition) is 0. The first kappa shape index (κ1) is 17.9. The molecule has 0 radical (unpaired) electrons. The molecule has 0 aliphatic rings. The molecule has 0 atom stereocenters. The maximum Gasteiger partial charge on any atom is 0.340 e. The predicted molar refractivity (Wildman–Crippen MR) is 87.7 cm³/mol. The molecule has 0 aliphatic carbocycles. The number of hydrogen-bond acceptors (Lipinski definition) is 5. The Morgan fingerprint density at radius 1 is 0.957 bits per heavy atom. The SMILES string of the molecule is COc1cc(C=O)ccc1OS(=O)(=O)c1cc(Cl)c(Cl)cc1Cl. The maximum atomic E-state index is 12.4. The number of carbonyl (C=O) groups excluding carboxylic acids is 1. The summed E-state index contributed by atoms with van der Waals surface area (Å²) in [7, 11) is -2.96. The normalized spacial score (nSPS) is 11.1. The van der Waals surface area contributed by atoms with Crippen LogP contribution in [0.4, 0.5) is 0 Å². The molecule has 0 N–H and O–H groups in total. The van der Waals surface area contributed by atoms with Gasteiger partial charge in [-0.1, -0.05) is 34.8 Å². The molecule has 0 fully saturated rings. The van der Waals surface area contributed by atoms with E-state index in [1.807, 2.05) is 0 Å². The Kier molecular flexibility index (Phi) is 5.41. The molecule has 0 amide bonds. The summed E-state index contributed by atoms with van der Waals surface area (Å²) in [6.45, 7) is 0. The zero-order valence-electron chi connectivity index (χ0n) is 11.5. The number of halogens is 3. The molecule has 0 heterocycles. The standard InChI is InChI=1S/C14H9Cl3O5S/c1-21-13-4-8(7-18)2-3-12(13)22-23(19,20)14-6-10(16)9(15)5-11(14)17/h2-7H,1H3. The molecule has 2 aromatic carbocycles. The van der Waals surface area contributed by atoms with E-state index in [1.54, 1.807) is 0 Å². The van der Waals surface area contributed by atoms with Crippen molar-refractivity contribution in [1.29, 1.82) is 0 Å². The Morgan fingerprint density at radius 2 is 1.61 bits per heavy atom. The van der Waals surface area contributed by atoms with E-state index in [1.165, 1.54) is 31.4 Å². The van der Waals surface area contributed by atoms with Gasteiger partial charge >= 0.3 is 10.1 Å². The molecule has 5 nitrogen and oxygen atoms in total. The lowest BCUT2D eigenvalue weighted by Crippen LogP contribution is -2.11. The zero-order chi connectivity index (χ0) is 17.2. The quantitative estimate of drug-likeness (QED) is 0.430. The van der Waals surface area contributed by atoms with Crippen LogP contribution < -0.4 is 8.92 Å². The first-order valence-corrected chi connectivity index (χ1v) is 8.55. The van der Waals surface area contributed by atoms with Crippen LogP contribution in [0, 0.1) is 0 Å². The van der Waals surface area contributed by atoms with Crippen LogP contribution in [-0.2, 0) is 10.1 Å². The summed E-state index contributed by atoms with van der Waals surface area (Å²) in [5.74, 6) is -0.0189. The third-order valence-corrected chi connectivity index (χ3v) is 5.19. The van der Waals surface area contributed by atoms with Crippen molar-refractivity contribution in [1.82, 2.24) is 0 Å². The number of benzene rings is 2. The van der Waals surface area contributed by atoms with Crippen LogP contribution in [-0.4, -0.2) is 21.8 Å². The van der Waals surface area contributed by atoms with Crippen molar-refractivity contribution >= 4 is 51.2 Å². The van der Waals surface area contributed by atoms with Crippen LogP contribution in [0.25, 0.3) is 0 Å². The number of aldehydes is 1. The summed E-state index contributed by atoms with van der Waals surface area (Å²) in [6.07, 6.45) is 0.594. The summed E-state index contributed by atoms with van der Waals surface area (Å²) in [5, 5.41) is -0.00655. The van der Waals surface area contributed by atoms with Gasteiger partial charge in [-0.15, -0.1) is 0 Å². The fraction of sp³-hybridized carbons (Fsp3) is 0.0714. The Hall–Kier alpha value is -1.47. The van der Waals surface area contributed by atoms with E-state index >= 15 is 0 Å². The van der Waals surface area contributed by atoms with Crippen molar-refractivity contribution in [2.45, 2.75) is 4.90 Å². The fourth-order valence-electron chi connectivity index (χ4n) is 1.69. The second-order valence-electron chi connectivity index (χ2n) is 4.26. The molecule has 2 rings (SSSR count). The molecule has 0 unspecified atom stereocenters. The van der Waals surface area contributed by atoms with Crippen LogP contribution in [0.15, 0.2) is 35.2 Å². The predicted octanol–water partition coefficient (Wildman–Crippen LogP) is 4.24. The lowest BCUT2D eigenvalue weighted by atomic mass is 10.2. The van der Waals surface area contributed by atoms with E-state index in [-0.39, 0.29) is 31.5 Å². The average Bonchev–Trinajstić information content (AvgIpc) is 2.50. The number of carbonyl (C=O) groups is 1. The monoisotopic (exact) mass is 394 g/mol. The topological polar surface area (TPSA) is 69.7 Å². The van der Waals surface area contributed by atoms with Crippen LogP contribution in [0.3, 0.4) is 0 Å². The van der Waals surface area contributed by atoms with Gasteiger partial charge < -0.3 is 8.92 Å². The summed E-state index contributed by atoms with van der Waals surface area (Å²) < 4.78 is 34.8. The van der Waals surface area contributed by atoms with Crippen molar-refractivity contribution in [3.63, 3.8) is 0 Å². The molecule has 0 bridgehead atoms. The van der Waals surface area contributed by atoms with Gasteiger partial charge in [0.1, 0.15) is 11.2 Å². The number of ether oxygens (including phenoxy) is 1. The van der Waals surface area contributed by atoms with E-state index < -0.39 is 10.1 Å². The second-order valence-corrected chi connectivity index (χ2v) is 7.00. The van der Waals surface area contributed by atoms with Gasteiger partial charge in [-0.3, -0.25) is 4.79 Å². The van der Waals surface area contributed by atoms with Crippen molar-refractivity contribution in [2.75, 3.05) is 7.11 Å². The highest BCUT2D eigenvalue weighted by Gasteiger charge is 2.24. The minimum absolute atomic E-state index is 0.0153. The molecule has 122 valence electrons.